The molecule has 1 unspecified atom stereocenters. The van der Waals surface area contributed by atoms with Gasteiger partial charge in [-0.1, -0.05) is 0 Å². The molecule has 0 aromatic carbocycles. The molecular weight excluding hydrogens is 461 g/mol. The molecule has 2 aromatic heterocycles. The summed E-state index contributed by atoms with van der Waals surface area (Å²) in [6.45, 7) is 8.81. The molecule has 0 amide bonds. The summed E-state index contributed by atoms with van der Waals surface area (Å²) in [5, 5.41) is 21.1. The Hall–Kier alpha value is -1.13. The van der Waals surface area contributed by atoms with Crippen LogP contribution in [0.4, 0.5) is 0 Å². The van der Waals surface area contributed by atoms with Crippen molar-refractivity contribution in [2.75, 3.05) is 19.6 Å². The number of aliphatic imine (C=N–C) groups is 1. The van der Waals surface area contributed by atoms with E-state index in [0.29, 0.717) is 6.54 Å². The van der Waals surface area contributed by atoms with Crippen molar-refractivity contribution in [1.82, 2.24) is 20.2 Å². The van der Waals surface area contributed by atoms with E-state index in [9.17, 15) is 5.11 Å². The number of nitrogens with zero attached hydrogens (tertiary/aromatic N) is 3. The van der Waals surface area contributed by atoms with Gasteiger partial charge in [-0.3, -0.25) is 0 Å². The van der Waals surface area contributed by atoms with Crippen LogP contribution in [0.3, 0.4) is 0 Å². The summed E-state index contributed by atoms with van der Waals surface area (Å²) in [5.74, 6) is 1.80. The number of hydrogen-bond acceptors (Lipinski definition) is 4. The number of guanidine groups is 1. The molecule has 0 spiro atoms. The van der Waals surface area contributed by atoms with Crippen molar-refractivity contribution in [2.24, 2.45) is 4.99 Å². The fourth-order valence-electron chi connectivity index (χ4n) is 2.49. The summed E-state index contributed by atoms with van der Waals surface area (Å²) in [5.41, 5.74) is -0.0332. The number of rotatable bonds is 9. The highest BCUT2D eigenvalue weighted by Gasteiger charge is 2.23. The van der Waals surface area contributed by atoms with E-state index in [-0.39, 0.29) is 24.0 Å². The quantitative estimate of drug-likeness (QED) is 0.218. The van der Waals surface area contributed by atoms with Gasteiger partial charge < -0.3 is 20.3 Å². The van der Waals surface area contributed by atoms with Crippen molar-refractivity contribution in [1.29, 1.82) is 0 Å². The second kappa shape index (κ2) is 11.6. The van der Waals surface area contributed by atoms with E-state index in [1.54, 1.807) is 18.3 Å². The first-order valence-electron chi connectivity index (χ1n) is 8.78. The predicted octanol–water partition coefficient (Wildman–Crippen LogP) is 3.11. The smallest absolute Gasteiger partial charge is 0.191 e. The number of halogens is 1. The van der Waals surface area contributed by atoms with Gasteiger partial charge in [-0.05, 0) is 56.0 Å². The molecule has 8 heteroatoms. The highest BCUT2D eigenvalue weighted by atomic mass is 127. The molecule has 1 atom stereocenters. The second-order valence-electron chi connectivity index (χ2n) is 6.28. The summed E-state index contributed by atoms with van der Waals surface area (Å²) < 4.78 is 2.16. The molecule has 2 rings (SSSR count). The Labute approximate surface area is 177 Å². The van der Waals surface area contributed by atoms with Crippen molar-refractivity contribution in [3.63, 3.8) is 0 Å². The zero-order valence-electron chi connectivity index (χ0n) is 15.7. The van der Waals surface area contributed by atoms with Crippen LogP contribution in [0.1, 0.15) is 38.1 Å². The Morgan fingerprint density at radius 1 is 1.38 bits per heavy atom. The third-order valence-corrected chi connectivity index (χ3v) is 4.76. The number of aromatic nitrogens is 2. The molecule has 2 heterocycles. The van der Waals surface area contributed by atoms with Crippen LogP contribution in [-0.4, -0.2) is 40.3 Å². The average molecular weight is 491 g/mol. The van der Waals surface area contributed by atoms with E-state index < -0.39 is 5.60 Å². The van der Waals surface area contributed by atoms with Gasteiger partial charge in [-0.15, -0.1) is 24.0 Å². The van der Waals surface area contributed by atoms with Crippen LogP contribution in [0, 0.1) is 6.92 Å². The van der Waals surface area contributed by atoms with Crippen LogP contribution in [0.25, 0.3) is 0 Å². The molecule has 0 saturated carbocycles. The van der Waals surface area contributed by atoms with Crippen molar-refractivity contribution in [3.05, 3.63) is 40.6 Å². The van der Waals surface area contributed by atoms with Crippen LogP contribution >= 0.6 is 35.3 Å². The van der Waals surface area contributed by atoms with Gasteiger partial charge in [0.15, 0.2) is 5.96 Å². The summed E-state index contributed by atoms with van der Waals surface area (Å²) in [6.07, 6.45) is 5.98. The van der Waals surface area contributed by atoms with Crippen molar-refractivity contribution in [3.8, 4) is 0 Å². The average Bonchev–Trinajstić information content (AvgIpc) is 3.25. The molecule has 26 heavy (non-hydrogen) atoms. The summed E-state index contributed by atoms with van der Waals surface area (Å²) in [6, 6.07) is 1.94. The molecule has 0 bridgehead atoms. The van der Waals surface area contributed by atoms with Crippen LogP contribution in [0.15, 0.2) is 34.2 Å². The Kier molecular flexibility index (Phi) is 10.2. The molecule has 0 aliphatic rings. The lowest BCUT2D eigenvalue weighted by Crippen LogP contribution is -2.39. The summed E-state index contributed by atoms with van der Waals surface area (Å²) in [7, 11) is 0. The maximum Gasteiger partial charge on any atom is 0.191 e. The topological polar surface area (TPSA) is 74.5 Å². The van der Waals surface area contributed by atoms with Gasteiger partial charge in [-0.25, -0.2) is 9.98 Å². The van der Waals surface area contributed by atoms with Crippen molar-refractivity contribution in [2.45, 2.75) is 45.8 Å². The minimum Gasteiger partial charge on any atom is -0.383 e. The lowest BCUT2D eigenvalue weighted by molar-refractivity contribution is 0.0677. The standard InChI is InChI=1S/C18H29N5OS.HI/c1-4-19-17(22-14-18(3,24)16-7-12-25-13-16)21-8-5-6-10-23-11-9-20-15(23)2;/h7,9,11-13,24H,4-6,8,10,14H2,1-3H3,(H2,19,21,22);1H. The monoisotopic (exact) mass is 491 g/mol. The Balaban J connectivity index is 0.00000338. The molecule has 6 nitrogen and oxygen atoms in total. The maximum absolute atomic E-state index is 10.6. The van der Waals surface area contributed by atoms with E-state index in [4.69, 9.17) is 0 Å². The number of imidazole rings is 1. The number of thiophene rings is 1. The molecule has 0 aliphatic heterocycles. The Morgan fingerprint density at radius 3 is 2.81 bits per heavy atom. The fourth-order valence-corrected chi connectivity index (χ4v) is 3.27. The number of aliphatic hydroxyl groups is 1. The van der Waals surface area contributed by atoms with Gasteiger partial charge in [0.1, 0.15) is 11.4 Å². The van der Waals surface area contributed by atoms with Crippen molar-refractivity contribution >= 4 is 41.3 Å². The molecule has 3 N–H and O–H groups in total. The second-order valence-corrected chi connectivity index (χ2v) is 7.06. The minimum absolute atomic E-state index is 0. The first-order chi connectivity index (χ1) is 12.0. The van der Waals surface area contributed by atoms with Gasteiger partial charge >= 0.3 is 0 Å². The molecule has 0 saturated heterocycles. The Morgan fingerprint density at radius 2 is 2.19 bits per heavy atom. The predicted molar refractivity (Wildman–Crippen MR) is 119 cm³/mol. The zero-order valence-corrected chi connectivity index (χ0v) is 18.9. The molecular formula is C18H30IN5OS. The van der Waals surface area contributed by atoms with E-state index in [1.165, 1.54) is 0 Å². The van der Waals surface area contributed by atoms with Gasteiger partial charge in [0.25, 0.3) is 0 Å². The Bertz CT molecular complexity index is 654. The molecule has 0 fully saturated rings. The highest BCUT2D eigenvalue weighted by Crippen LogP contribution is 2.23. The highest BCUT2D eigenvalue weighted by molar-refractivity contribution is 14.0. The van der Waals surface area contributed by atoms with E-state index in [1.807, 2.05) is 43.1 Å². The number of aryl methyl sites for hydroxylation is 2. The van der Waals surface area contributed by atoms with Crippen molar-refractivity contribution < 1.29 is 5.11 Å². The first-order valence-corrected chi connectivity index (χ1v) is 9.72. The number of unbranched alkanes of at least 4 members (excludes halogenated alkanes) is 1. The largest absolute Gasteiger partial charge is 0.383 e. The van der Waals surface area contributed by atoms with Gasteiger partial charge in [0, 0.05) is 32.0 Å². The maximum atomic E-state index is 10.6. The zero-order chi connectivity index (χ0) is 18.1. The van der Waals surface area contributed by atoms with Crippen LogP contribution in [0.2, 0.25) is 0 Å². The lowest BCUT2D eigenvalue weighted by atomic mass is 10.00. The summed E-state index contributed by atoms with van der Waals surface area (Å²) in [4.78, 5) is 8.77. The third-order valence-electron chi connectivity index (χ3n) is 4.07. The van der Waals surface area contributed by atoms with Gasteiger partial charge in [-0.2, -0.15) is 11.3 Å². The molecule has 0 aliphatic carbocycles. The van der Waals surface area contributed by atoms with E-state index in [0.717, 1.165) is 49.8 Å². The first kappa shape index (κ1) is 22.9. The van der Waals surface area contributed by atoms with Crippen LogP contribution in [-0.2, 0) is 12.1 Å². The third kappa shape index (κ3) is 7.24. The fraction of sp³-hybridized carbons (Fsp3) is 0.556. The van der Waals surface area contributed by atoms with Gasteiger partial charge in [0.2, 0.25) is 0 Å². The van der Waals surface area contributed by atoms with E-state index in [2.05, 4.69) is 25.2 Å². The lowest BCUT2D eigenvalue weighted by Gasteiger charge is -2.21. The molecule has 146 valence electrons. The number of nitrogens with one attached hydrogen (secondary N) is 2. The minimum atomic E-state index is -0.943. The number of hydrogen-bond donors (Lipinski definition) is 3. The normalized spacial score (nSPS) is 13.8. The van der Waals surface area contributed by atoms with Crippen LogP contribution < -0.4 is 10.6 Å². The SMILES string of the molecule is CCNC(=NCC(C)(O)c1ccsc1)NCCCCn1ccnc1C.I. The van der Waals surface area contributed by atoms with Crippen LogP contribution in [0.5, 0.6) is 0 Å². The van der Waals surface area contributed by atoms with E-state index >= 15 is 0 Å². The molecule has 2 aromatic rings. The van der Waals surface area contributed by atoms with Gasteiger partial charge in [0.05, 0.1) is 6.54 Å². The summed E-state index contributed by atoms with van der Waals surface area (Å²) >= 11 is 1.58. The molecule has 0 radical (unpaired) electrons.